The molecule has 0 amide bonds. The number of hydrogen-bond acceptors (Lipinski definition) is 8. The van der Waals surface area contributed by atoms with E-state index in [1.165, 1.54) is 25.6 Å². The van der Waals surface area contributed by atoms with Crippen LogP contribution in [-0.4, -0.2) is 43.8 Å². The second-order valence-electron chi connectivity index (χ2n) is 8.55. The summed E-state index contributed by atoms with van der Waals surface area (Å²) in [6.07, 6.45) is 1.19. The number of nitrogens with zero attached hydrogens (tertiary/aromatic N) is 2. The Kier molecular flexibility index (Phi) is 8.55. The second-order valence-corrected chi connectivity index (χ2v) is 10.6. The summed E-state index contributed by atoms with van der Waals surface area (Å²) < 4.78 is 45.4. The van der Waals surface area contributed by atoms with Crippen LogP contribution in [0.25, 0.3) is 0 Å². The standard InChI is InChI=1S/C24H28ClN3O6S/c1-24(2,3)16-5-8-18(9-6-16)35(30,31)28-23-22(20(26-15-27-23)14-33-12-11-29)34-21-13-17(32-4)7-10-19(21)25/h5-10,13,15,29H,11-12,14H2,1-4H3,(H,26,27,28). The van der Waals surface area contributed by atoms with Gasteiger partial charge in [0, 0.05) is 6.07 Å². The van der Waals surface area contributed by atoms with Gasteiger partial charge >= 0.3 is 0 Å². The average Bonchev–Trinajstić information content (AvgIpc) is 2.81. The minimum absolute atomic E-state index is 0.00970. The highest BCUT2D eigenvalue weighted by molar-refractivity contribution is 7.92. The molecule has 0 aliphatic rings. The first-order chi connectivity index (χ1) is 16.5. The van der Waals surface area contributed by atoms with Crippen molar-refractivity contribution in [3.05, 3.63) is 65.1 Å². The number of benzene rings is 2. The summed E-state index contributed by atoms with van der Waals surface area (Å²) in [5.74, 6) is 0.608. The molecular formula is C24H28ClN3O6S. The zero-order chi connectivity index (χ0) is 25.6. The van der Waals surface area contributed by atoms with Crippen LogP contribution in [0.1, 0.15) is 32.0 Å². The summed E-state index contributed by atoms with van der Waals surface area (Å²) in [6, 6.07) is 11.4. The Morgan fingerprint density at radius 1 is 1.09 bits per heavy atom. The Balaban J connectivity index is 2.00. The molecule has 0 spiro atoms. The Hall–Kier alpha value is -2.92. The zero-order valence-electron chi connectivity index (χ0n) is 19.9. The molecule has 188 valence electrons. The number of aromatic nitrogens is 2. The van der Waals surface area contributed by atoms with Crippen molar-refractivity contribution in [2.24, 2.45) is 0 Å². The van der Waals surface area contributed by atoms with Gasteiger partial charge in [-0.25, -0.2) is 18.4 Å². The van der Waals surface area contributed by atoms with Gasteiger partial charge in [-0.1, -0.05) is 44.5 Å². The monoisotopic (exact) mass is 521 g/mol. The van der Waals surface area contributed by atoms with Crippen LogP contribution < -0.4 is 14.2 Å². The zero-order valence-corrected chi connectivity index (χ0v) is 21.5. The molecule has 0 fully saturated rings. The van der Waals surface area contributed by atoms with Gasteiger partial charge in [-0.2, -0.15) is 0 Å². The third-order valence-electron chi connectivity index (χ3n) is 4.96. The summed E-state index contributed by atoms with van der Waals surface area (Å²) in [5.41, 5.74) is 1.13. The number of nitrogens with one attached hydrogen (secondary N) is 1. The number of halogens is 1. The van der Waals surface area contributed by atoms with E-state index in [4.69, 9.17) is 30.9 Å². The summed E-state index contributed by atoms with van der Waals surface area (Å²) >= 11 is 6.29. The van der Waals surface area contributed by atoms with Gasteiger partial charge in [-0.15, -0.1) is 0 Å². The largest absolute Gasteiger partial charge is 0.497 e. The molecule has 2 aromatic carbocycles. The van der Waals surface area contributed by atoms with Gasteiger partial charge in [0.1, 0.15) is 23.5 Å². The molecule has 0 aliphatic heterocycles. The fourth-order valence-electron chi connectivity index (χ4n) is 3.05. The topological polar surface area (TPSA) is 120 Å². The number of hydrogen-bond donors (Lipinski definition) is 2. The fraction of sp³-hybridized carbons (Fsp3) is 0.333. The van der Waals surface area contributed by atoms with E-state index in [9.17, 15) is 8.42 Å². The third kappa shape index (κ3) is 6.82. The Morgan fingerprint density at radius 2 is 1.80 bits per heavy atom. The van der Waals surface area contributed by atoms with Crippen molar-refractivity contribution in [2.45, 2.75) is 37.7 Å². The van der Waals surface area contributed by atoms with Gasteiger partial charge < -0.3 is 19.3 Å². The lowest BCUT2D eigenvalue weighted by Crippen LogP contribution is -2.17. The number of methoxy groups -OCH3 is 1. The highest BCUT2D eigenvalue weighted by Gasteiger charge is 2.23. The molecule has 3 rings (SSSR count). The normalized spacial score (nSPS) is 11.8. The molecule has 0 aliphatic carbocycles. The molecular weight excluding hydrogens is 494 g/mol. The lowest BCUT2D eigenvalue weighted by Gasteiger charge is -2.19. The molecule has 0 atom stereocenters. The molecule has 0 saturated heterocycles. The van der Waals surface area contributed by atoms with Crippen molar-refractivity contribution in [3.63, 3.8) is 0 Å². The van der Waals surface area contributed by atoms with E-state index in [-0.39, 0.29) is 58.2 Å². The van der Waals surface area contributed by atoms with Crippen molar-refractivity contribution in [3.8, 4) is 17.2 Å². The van der Waals surface area contributed by atoms with Gasteiger partial charge in [-0.3, -0.25) is 4.72 Å². The van der Waals surface area contributed by atoms with Crippen LogP contribution in [0.15, 0.2) is 53.7 Å². The molecule has 35 heavy (non-hydrogen) atoms. The third-order valence-corrected chi connectivity index (χ3v) is 6.63. The molecule has 2 N–H and O–H groups in total. The number of rotatable bonds is 10. The molecule has 0 unspecified atom stereocenters. The maximum Gasteiger partial charge on any atom is 0.263 e. The van der Waals surface area contributed by atoms with Crippen LogP contribution in [0.5, 0.6) is 17.2 Å². The number of aliphatic hydroxyl groups excluding tert-OH is 1. The van der Waals surface area contributed by atoms with E-state index >= 15 is 0 Å². The van der Waals surface area contributed by atoms with E-state index in [0.717, 1.165) is 5.56 Å². The minimum atomic E-state index is -4.01. The van der Waals surface area contributed by atoms with Crippen LogP contribution in [-0.2, 0) is 26.8 Å². The minimum Gasteiger partial charge on any atom is -0.497 e. The molecule has 0 bridgehead atoms. The first kappa shape index (κ1) is 26.7. The van der Waals surface area contributed by atoms with Crippen molar-refractivity contribution in [2.75, 3.05) is 25.0 Å². The van der Waals surface area contributed by atoms with Crippen LogP contribution in [0, 0.1) is 0 Å². The van der Waals surface area contributed by atoms with E-state index in [1.54, 1.807) is 30.3 Å². The van der Waals surface area contributed by atoms with Crippen LogP contribution in [0.4, 0.5) is 5.82 Å². The van der Waals surface area contributed by atoms with Crippen LogP contribution in [0.3, 0.4) is 0 Å². The molecule has 0 radical (unpaired) electrons. The summed E-state index contributed by atoms with van der Waals surface area (Å²) in [7, 11) is -2.52. The van der Waals surface area contributed by atoms with Gasteiger partial charge in [0.05, 0.1) is 36.8 Å². The maximum absolute atomic E-state index is 13.2. The lowest BCUT2D eigenvalue weighted by atomic mass is 9.87. The quantitative estimate of drug-likeness (QED) is 0.373. The van der Waals surface area contributed by atoms with Crippen molar-refractivity contribution in [1.82, 2.24) is 9.97 Å². The van der Waals surface area contributed by atoms with Gasteiger partial charge in [0.15, 0.2) is 11.6 Å². The summed E-state index contributed by atoms with van der Waals surface area (Å²) in [6.45, 7) is 5.95. The number of sulfonamides is 1. The average molecular weight is 522 g/mol. The predicted molar refractivity (Wildman–Crippen MR) is 133 cm³/mol. The Bertz CT molecular complexity index is 1260. The molecule has 3 aromatic rings. The van der Waals surface area contributed by atoms with E-state index in [1.807, 2.05) is 20.8 Å². The SMILES string of the molecule is COc1ccc(Cl)c(Oc2c(COCCO)ncnc2NS(=O)(=O)c2ccc(C(C)(C)C)cc2)c1. The Morgan fingerprint density at radius 3 is 2.43 bits per heavy atom. The van der Waals surface area contributed by atoms with Gasteiger partial charge in [0.25, 0.3) is 10.0 Å². The summed E-state index contributed by atoms with van der Waals surface area (Å²) in [5, 5.41) is 9.30. The Labute approximate surface area is 210 Å². The first-order valence-corrected chi connectivity index (χ1v) is 12.6. The van der Waals surface area contributed by atoms with E-state index in [2.05, 4.69) is 14.7 Å². The maximum atomic E-state index is 13.2. The van der Waals surface area contributed by atoms with Gasteiger partial charge in [0.2, 0.25) is 0 Å². The van der Waals surface area contributed by atoms with E-state index < -0.39 is 10.0 Å². The number of ether oxygens (including phenoxy) is 3. The number of anilines is 1. The highest BCUT2D eigenvalue weighted by atomic mass is 35.5. The highest BCUT2D eigenvalue weighted by Crippen LogP contribution is 2.37. The van der Waals surface area contributed by atoms with Crippen molar-refractivity contribution in [1.29, 1.82) is 0 Å². The lowest BCUT2D eigenvalue weighted by molar-refractivity contribution is 0.0786. The van der Waals surface area contributed by atoms with Crippen LogP contribution in [0.2, 0.25) is 5.02 Å². The van der Waals surface area contributed by atoms with E-state index in [0.29, 0.717) is 5.75 Å². The molecule has 11 heteroatoms. The van der Waals surface area contributed by atoms with Gasteiger partial charge in [-0.05, 0) is 35.2 Å². The smallest absolute Gasteiger partial charge is 0.263 e. The number of aliphatic hydroxyl groups is 1. The molecule has 1 aromatic heterocycles. The second kappa shape index (κ2) is 11.2. The summed E-state index contributed by atoms with van der Waals surface area (Å²) in [4.78, 5) is 8.33. The molecule has 9 nitrogen and oxygen atoms in total. The predicted octanol–water partition coefficient (Wildman–Crippen LogP) is 4.54. The van der Waals surface area contributed by atoms with Crippen molar-refractivity contribution >= 4 is 27.4 Å². The fourth-order valence-corrected chi connectivity index (χ4v) is 4.21. The first-order valence-electron chi connectivity index (χ1n) is 10.7. The molecule has 1 heterocycles. The van der Waals surface area contributed by atoms with Crippen LogP contribution >= 0.6 is 11.6 Å². The van der Waals surface area contributed by atoms with Crippen molar-refractivity contribution < 1.29 is 27.7 Å². The molecule has 0 saturated carbocycles.